The van der Waals surface area contributed by atoms with E-state index in [9.17, 15) is 0 Å². The zero-order valence-electron chi connectivity index (χ0n) is 9.01. The summed E-state index contributed by atoms with van der Waals surface area (Å²) in [6.07, 6.45) is 5.26. The van der Waals surface area contributed by atoms with Gasteiger partial charge in [-0.2, -0.15) is 12.6 Å². The third-order valence-electron chi connectivity index (χ3n) is 2.06. The monoisotopic (exact) mass is 188 g/mol. The van der Waals surface area contributed by atoms with Crippen molar-refractivity contribution in [3.63, 3.8) is 0 Å². The molecule has 1 heteroatoms. The Hall–Kier alpha value is 0.350. The summed E-state index contributed by atoms with van der Waals surface area (Å²) < 4.78 is 0. The van der Waals surface area contributed by atoms with Gasteiger partial charge in [0.05, 0.1) is 0 Å². The van der Waals surface area contributed by atoms with E-state index in [-0.39, 0.29) is 0 Å². The molecular weight excluding hydrogens is 164 g/mol. The quantitative estimate of drug-likeness (QED) is 0.595. The van der Waals surface area contributed by atoms with Crippen LogP contribution in [0.3, 0.4) is 0 Å². The second-order valence-corrected chi connectivity index (χ2v) is 5.34. The predicted octanol–water partition coefficient (Wildman–Crippen LogP) is 4.16. The minimum atomic E-state index is 0.628. The average molecular weight is 188 g/mol. The molecule has 0 aliphatic rings. The normalized spacial score (nSPS) is 14.2. The van der Waals surface area contributed by atoms with E-state index in [1.165, 1.54) is 25.7 Å². The smallest absolute Gasteiger partial charge is 0.00192 e. The second kappa shape index (κ2) is 6.82. The lowest BCUT2D eigenvalue weighted by Crippen LogP contribution is -2.04. The first-order valence-corrected chi connectivity index (χ1v) is 5.72. The fraction of sp³-hybridized carbons (Fsp3) is 1.00. The Morgan fingerprint density at radius 3 is 1.92 bits per heavy atom. The summed E-state index contributed by atoms with van der Waals surface area (Å²) in [5.41, 5.74) is 0. The molecule has 0 spiro atoms. The van der Waals surface area contributed by atoms with Crippen LogP contribution < -0.4 is 0 Å². The van der Waals surface area contributed by atoms with Gasteiger partial charge in [0.25, 0.3) is 0 Å². The van der Waals surface area contributed by atoms with Crippen LogP contribution in [0, 0.1) is 11.8 Å². The molecule has 74 valence electrons. The molecule has 0 bridgehead atoms. The van der Waals surface area contributed by atoms with Crippen molar-refractivity contribution in [1.29, 1.82) is 0 Å². The van der Waals surface area contributed by atoms with E-state index in [2.05, 4.69) is 40.3 Å². The summed E-state index contributed by atoms with van der Waals surface area (Å²) in [5, 5.41) is 0.628. The Morgan fingerprint density at radius 2 is 1.50 bits per heavy atom. The van der Waals surface area contributed by atoms with E-state index >= 15 is 0 Å². The van der Waals surface area contributed by atoms with Crippen molar-refractivity contribution in [2.75, 3.05) is 0 Å². The summed E-state index contributed by atoms with van der Waals surface area (Å²) in [6.45, 7) is 9.11. The van der Waals surface area contributed by atoms with Crippen LogP contribution in [-0.4, -0.2) is 5.25 Å². The fourth-order valence-electron chi connectivity index (χ4n) is 1.42. The van der Waals surface area contributed by atoms with Crippen LogP contribution in [-0.2, 0) is 0 Å². The molecule has 0 nitrogen and oxygen atoms in total. The van der Waals surface area contributed by atoms with Gasteiger partial charge in [0.2, 0.25) is 0 Å². The molecular formula is C11H24S. The Kier molecular flexibility index (Phi) is 7.02. The first kappa shape index (κ1) is 12.3. The van der Waals surface area contributed by atoms with Crippen LogP contribution in [0.25, 0.3) is 0 Å². The first-order chi connectivity index (χ1) is 5.52. The molecule has 12 heavy (non-hydrogen) atoms. The number of rotatable bonds is 6. The molecule has 0 radical (unpaired) electrons. The van der Waals surface area contributed by atoms with Gasteiger partial charge in [0.15, 0.2) is 0 Å². The van der Waals surface area contributed by atoms with E-state index in [0.717, 1.165) is 11.8 Å². The summed E-state index contributed by atoms with van der Waals surface area (Å²) in [6, 6.07) is 0. The third-order valence-corrected chi connectivity index (χ3v) is 2.53. The minimum Gasteiger partial charge on any atom is -0.176 e. The van der Waals surface area contributed by atoms with Gasteiger partial charge in [-0.1, -0.05) is 40.5 Å². The Bertz CT molecular complexity index is 97.2. The number of hydrogen-bond donors (Lipinski definition) is 1. The van der Waals surface area contributed by atoms with Gasteiger partial charge in [-0.3, -0.25) is 0 Å². The van der Waals surface area contributed by atoms with Crippen molar-refractivity contribution in [2.45, 2.75) is 58.6 Å². The van der Waals surface area contributed by atoms with E-state index in [1.807, 2.05) is 0 Å². The lowest BCUT2D eigenvalue weighted by atomic mass is 10.0. The fourth-order valence-corrected chi connectivity index (χ4v) is 2.03. The molecule has 0 amide bonds. The summed E-state index contributed by atoms with van der Waals surface area (Å²) in [4.78, 5) is 0. The van der Waals surface area contributed by atoms with Gasteiger partial charge in [-0.05, 0) is 24.7 Å². The van der Waals surface area contributed by atoms with Crippen molar-refractivity contribution < 1.29 is 0 Å². The predicted molar refractivity (Wildman–Crippen MR) is 60.9 cm³/mol. The Labute approximate surface area is 83.5 Å². The highest BCUT2D eigenvalue weighted by Crippen LogP contribution is 2.17. The summed E-state index contributed by atoms with van der Waals surface area (Å²) in [5.74, 6) is 1.65. The highest BCUT2D eigenvalue weighted by molar-refractivity contribution is 7.80. The van der Waals surface area contributed by atoms with Gasteiger partial charge < -0.3 is 0 Å². The van der Waals surface area contributed by atoms with Crippen molar-refractivity contribution in [2.24, 2.45) is 11.8 Å². The van der Waals surface area contributed by atoms with Crippen LogP contribution in [0.4, 0.5) is 0 Å². The second-order valence-electron chi connectivity index (χ2n) is 4.61. The lowest BCUT2D eigenvalue weighted by Gasteiger charge is -2.13. The Morgan fingerprint density at radius 1 is 0.917 bits per heavy atom. The van der Waals surface area contributed by atoms with Gasteiger partial charge >= 0.3 is 0 Å². The van der Waals surface area contributed by atoms with Gasteiger partial charge in [0.1, 0.15) is 0 Å². The summed E-state index contributed by atoms with van der Waals surface area (Å²) >= 11 is 4.57. The van der Waals surface area contributed by atoms with Gasteiger partial charge in [0, 0.05) is 5.25 Å². The van der Waals surface area contributed by atoms with E-state index in [0.29, 0.717) is 5.25 Å². The molecule has 0 aromatic carbocycles. The highest BCUT2D eigenvalue weighted by Gasteiger charge is 2.05. The maximum Gasteiger partial charge on any atom is 0.00192 e. The van der Waals surface area contributed by atoms with Crippen LogP contribution in [0.5, 0.6) is 0 Å². The molecule has 1 unspecified atom stereocenters. The molecule has 0 fully saturated rings. The van der Waals surface area contributed by atoms with Gasteiger partial charge in [-0.15, -0.1) is 0 Å². The maximum absolute atomic E-state index is 4.57. The van der Waals surface area contributed by atoms with Crippen molar-refractivity contribution >= 4 is 12.6 Å². The molecule has 0 saturated carbocycles. The van der Waals surface area contributed by atoms with Crippen LogP contribution in [0.2, 0.25) is 0 Å². The topological polar surface area (TPSA) is 0 Å². The van der Waals surface area contributed by atoms with E-state index < -0.39 is 0 Å². The van der Waals surface area contributed by atoms with E-state index in [4.69, 9.17) is 0 Å². The van der Waals surface area contributed by atoms with Gasteiger partial charge in [-0.25, -0.2) is 0 Å². The molecule has 0 aromatic rings. The highest BCUT2D eigenvalue weighted by atomic mass is 32.1. The van der Waals surface area contributed by atoms with Crippen LogP contribution in [0.1, 0.15) is 53.4 Å². The molecule has 0 aliphatic carbocycles. The maximum atomic E-state index is 4.57. The molecule has 0 aliphatic heterocycles. The van der Waals surface area contributed by atoms with E-state index in [1.54, 1.807) is 0 Å². The molecule has 1 atom stereocenters. The molecule has 0 aromatic heterocycles. The molecule has 0 rings (SSSR count). The van der Waals surface area contributed by atoms with Crippen molar-refractivity contribution in [1.82, 2.24) is 0 Å². The van der Waals surface area contributed by atoms with Crippen molar-refractivity contribution in [3.8, 4) is 0 Å². The largest absolute Gasteiger partial charge is 0.176 e. The minimum absolute atomic E-state index is 0.628. The van der Waals surface area contributed by atoms with Crippen LogP contribution in [0.15, 0.2) is 0 Å². The standard InChI is InChI=1S/C11H24S/c1-9(2)6-5-7-11(12)8-10(3)4/h9-12H,5-8H2,1-4H3. The zero-order valence-corrected chi connectivity index (χ0v) is 9.90. The third kappa shape index (κ3) is 8.45. The number of hydrogen-bond acceptors (Lipinski definition) is 1. The first-order valence-electron chi connectivity index (χ1n) is 5.20. The Balaban J connectivity index is 3.25. The SMILES string of the molecule is CC(C)CCCC(S)CC(C)C. The average Bonchev–Trinajstić information content (AvgIpc) is 1.84. The molecule has 0 saturated heterocycles. The lowest BCUT2D eigenvalue weighted by molar-refractivity contribution is 0.496. The summed E-state index contributed by atoms with van der Waals surface area (Å²) in [7, 11) is 0. The molecule has 0 heterocycles. The number of thiol groups is 1. The van der Waals surface area contributed by atoms with Crippen LogP contribution >= 0.6 is 12.6 Å². The molecule has 0 N–H and O–H groups in total. The zero-order chi connectivity index (χ0) is 9.56. The van der Waals surface area contributed by atoms with Crippen molar-refractivity contribution in [3.05, 3.63) is 0 Å².